The molecule has 0 N–H and O–H groups in total. The quantitative estimate of drug-likeness (QED) is 0.547. The van der Waals surface area contributed by atoms with Crippen LogP contribution in [0.2, 0.25) is 0 Å². The summed E-state index contributed by atoms with van der Waals surface area (Å²) in [6, 6.07) is 20.9. The number of hydrogen-bond acceptors (Lipinski definition) is 5. The van der Waals surface area contributed by atoms with Crippen molar-refractivity contribution in [2.45, 2.75) is 6.61 Å². The van der Waals surface area contributed by atoms with Crippen molar-refractivity contribution in [3.8, 4) is 17.2 Å². The number of anilines is 1. The molecule has 0 unspecified atom stereocenters. The molecule has 1 heterocycles. The summed E-state index contributed by atoms with van der Waals surface area (Å²) in [5.41, 5.74) is 3.48. The van der Waals surface area contributed by atoms with E-state index in [1.807, 2.05) is 67.5 Å². The maximum Gasteiger partial charge on any atom is 0.231 e. The normalized spacial score (nSPS) is 13.7. The second-order valence-electron chi connectivity index (χ2n) is 7.18. The number of ketones is 1. The van der Waals surface area contributed by atoms with Crippen molar-refractivity contribution in [2.24, 2.45) is 0 Å². The number of carbonyl (C=O) groups is 1. The molecule has 0 bridgehead atoms. The molecule has 0 radical (unpaired) electrons. The van der Waals surface area contributed by atoms with Crippen LogP contribution in [0.15, 0.2) is 72.5 Å². The maximum absolute atomic E-state index is 12.7. The van der Waals surface area contributed by atoms with E-state index in [4.69, 9.17) is 14.2 Å². The van der Waals surface area contributed by atoms with Crippen LogP contribution in [0.4, 0.5) is 5.69 Å². The Morgan fingerprint density at radius 1 is 1.00 bits per heavy atom. The van der Waals surface area contributed by atoms with Crippen LogP contribution in [0, 0.1) is 0 Å². The third kappa shape index (κ3) is 4.01. The number of hydrogen-bond donors (Lipinski definition) is 0. The molecule has 1 aliphatic heterocycles. The Morgan fingerprint density at radius 2 is 1.77 bits per heavy atom. The van der Waals surface area contributed by atoms with Gasteiger partial charge in [-0.2, -0.15) is 0 Å². The monoisotopic (exact) mass is 401 g/mol. The highest BCUT2D eigenvalue weighted by Crippen LogP contribution is 2.35. The predicted octanol–water partition coefficient (Wildman–Crippen LogP) is 4.96. The maximum atomic E-state index is 12.7. The zero-order valence-electron chi connectivity index (χ0n) is 17.2. The van der Waals surface area contributed by atoms with Gasteiger partial charge in [0.2, 0.25) is 5.78 Å². The van der Waals surface area contributed by atoms with Crippen LogP contribution >= 0.6 is 0 Å². The Hall–Kier alpha value is -3.73. The summed E-state index contributed by atoms with van der Waals surface area (Å²) in [4.78, 5) is 14.7. The fourth-order valence-corrected chi connectivity index (χ4v) is 3.26. The van der Waals surface area contributed by atoms with Gasteiger partial charge in [0.15, 0.2) is 5.76 Å². The summed E-state index contributed by atoms with van der Waals surface area (Å²) >= 11 is 0. The molecular weight excluding hydrogens is 378 g/mol. The van der Waals surface area contributed by atoms with Crippen LogP contribution in [0.25, 0.3) is 6.08 Å². The van der Waals surface area contributed by atoms with Gasteiger partial charge in [0.1, 0.15) is 23.9 Å². The lowest BCUT2D eigenvalue weighted by molar-refractivity contribution is 0.101. The van der Waals surface area contributed by atoms with Crippen molar-refractivity contribution < 1.29 is 19.0 Å². The van der Waals surface area contributed by atoms with E-state index in [9.17, 15) is 4.79 Å². The Kier molecular flexibility index (Phi) is 5.44. The Morgan fingerprint density at radius 3 is 2.50 bits per heavy atom. The first-order chi connectivity index (χ1) is 14.5. The standard InChI is InChI=1S/C25H23NO4/c1-26(2)19-10-8-17(9-11-19)14-24-25(27)21-13-12-20(15-23(21)30-24)29-16-18-6-4-5-7-22(18)28-3/h4-15H,16H2,1-3H3/b24-14-. The van der Waals surface area contributed by atoms with Gasteiger partial charge in [0.05, 0.1) is 12.7 Å². The lowest BCUT2D eigenvalue weighted by atomic mass is 10.1. The van der Waals surface area contributed by atoms with E-state index >= 15 is 0 Å². The van der Waals surface area contributed by atoms with Gasteiger partial charge in [0.25, 0.3) is 0 Å². The minimum atomic E-state index is -0.127. The zero-order chi connectivity index (χ0) is 21.1. The summed E-state index contributed by atoms with van der Waals surface area (Å²) in [5, 5.41) is 0. The number of allylic oxidation sites excluding steroid dienone is 1. The highest BCUT2D eigenvalue weighted by Gasteiger charge is 2.27. The molecule has 1 aliphatic rings. The largest absolute Gasteiger partial charge is 0.496 e. The van der Waals surface area contributed by atoms with Gasteiger partial charge in [-0.15, -0.1) is 0 Å². The highest BCUT2D eigenvalue weighted by molar-refractivity contribution is 6.14. The van der Waals surface area contributed by atoms with Gasteiger partial charge >= 0.3 is 0 Å². The molecule has 152 valence electrons. The van der Waals surface area contributed by atoms with Crippen LogP contribution in [-0.2, 0) is 6.61 Å². The number of nitrogens with zero attached hydrogens (tertiary/aromatic N) is 1. The van der Waals surface area contributed by atoms with Crippen LogP contribution in [0.3, 0.4) is 0 Å². The number of ether oxygens (including phenoxy) is 3. The molecule has 0 atom stereocenters. The van der Waals surface area contributed by atoms with Crippen molar-refractivity contribution in [3.05, 3.63) is 89.2 Å². The van der Waals surface area contributed by atoms with E-state index in [1.54, 1.807) is 31.4 Å². The first kappa shape index (κ1) is 19.6. The van der Waals surface area contributed by atoms with E-state index in [-0.39, 0.29) is 5.78 Å². The topological polar surface area (TPSA) is 48.0 Å². The number of Topliss-reactive ketones (excluding diaryl/α,β-unsaturated/α-hetero) is 1. The summed E-state index contributed by atoms with van der Waals surface area (Å²) < 4.78 is 17.1. The first-order valence-electron chi connectivity index (χ1n) is 9.65. The molecule has 5 heteroatoms. The van der Waals surface area contributed by atoms with Gasteiger partial charge in [-0.3, -0.25) is 4.79 Å². The number of carbonyl (C=O) groups excluding carboxylic acids is 1. The summed E-state index contributed by atoms with van der Waals surface area (Å²) in [5.74, 6) is 2.09. The van der Waals surface area contributed by atoms with Crippen molar-refractivity contribution in [2.75, 3.05) is 26.1 Å². The summed E-state index contributed by atoms with van der Waals surface area (Å²) in [6.45, 7) is 0.359. The molecule has 4 rings (SSSR count). The summed E-state index contributed by atoms with van der Waals surface area (Å²) in [6.07, 6.45) is 1.76. The van der Waals surface area contributed by atoms with Crippen molar-refractivity contribution in [1.29, 1.82) is 0 Å². The first-order valence-corrected chi connectivity index (χ1v) is 9.65. The predicted molar refractivity (Wildman–Crippen MR) is 117 cm³/mol. The molecule has 0 aromatic heterocycles. The lowest BCUT2D eigenvalue weighted by Crippen LogP contribution is -2.08. The highest BCUT2D eigenvalue weighted by atomic mass is 16.5. The summed E-state index contributed by atoms with van der Waals surface area (Å²) in [7, 11) is 5.61. The van der Waals surface area contributed by atoms with Crippen molar-refractivity contribution in [3.63, 3.8) is 0 Å². The minimum Gasteiger partial charge on any atom is -0.496 e. The Balaban J connectivity index is 1.49. The van der Waals surface area contributed by atoms with Gasteiger partial charge < -0.3 is 19.1 Å². The molecule has 0 amide bonds. The van der Waals surface area contributed by atoms with E-state index in [1.165, 1.54) is 0 Å². The second kappa shape index (κ2) is 8.33. The van der Waals surface area contributed by atoms with Crippen LogP contribution in [0.1, 0.15) is 21.5 Å². The van der Waals surface area contributed by atoms with Crippen molar-refractivity contribution in [1.82, 2.24) is 0 Å². The van der Waals surface area contributed by atoms with Gasteiger partial charge in [-0.25, -0.2) is 0 Å². The van der Waals surface area contributed by atoms with E-state index < -0.39 is 0 Å². The molecule has 0 spiro atoms. The average molecular weight is 401 g/mol. The van der Waals surface area contributed by atoms with E-state index in [0.29, 0.717) is 29.4 Å². The molecule has 3 aromatic rings. The minimum absolute atomic E-state index is 0.127. The van der Waals surface area contributed by atoms with Crippen molar-refractivity contribution >= 4 is 17.5 Å². The number of methoxy groups -OCH3 is 1. The fourth-order valence-electron chi connectivity index (χ4n) is 3.26. The lowest BCUT2D eigenvalue weighted by Gasteiger charge is -2.11. The third-order valence-corrected chi connectivity index (χ3v) is 4.94. The molecule has 5 nitrogen and oxygen atoms in total. The molecule has 0 aliphatic carbocycles. The molecular formula is C25H23NO4. The molecule has 0 fully saturated rings. The fraction of sp³-hybridized carbons (Fsp3) is 0.160. The Bertz CT molecular complexity index is 1100. The van der Waals surface area contributed by atoms with E-state index in [2.05, 4.69) is 0 Å². The van der Waals surface area contributed by atoms with Gasteiger partial charge in [-0.05, 0) is 42.0 Å². The second-order valence-corrected chi connectivity index (χ2v) is 7.18. The smallest absolute Gasteiger partial charge is 0.231 e. The van der Waals surface area contributed by atoms with Crippen LogP contribution in [-0.4, -0.2) is 27.0 Å². The Labute approximate surface area is 176 Å². The third-order valence-electron chi connectivity index (χ3n) is 4.94. The number of benzene rings is 3. The number of para-hydroxylation sites is 1. The SMILES string of the molecule is COc1ccccc1COc1ccc2c(c1)O/C(=C\c1ccc(N(C)C)cc1)C2=O. The van der Waals surface area contributed by atoms with Gasteiger partial charge in [-0.1, -0.05) is 30.3 Å². The number of fused-ring (bicyclic) bond motifs is 1. The van der Waals surface area contributed by atoms with Gasteiger partial charge in [0, 0.05) is 31.4 Å². The molecule has 3 aromatic carbocycles. The number of rotatable bonds is 6. The van der Waals surface area contributed by atoms with Crippen LogP contribution < -0.4 is 19.1 Å². The molecule has 30 heavy (non-hydrogen) atoms. The zero-order valence-corrected chi connectivity index (χ0v) is 17.2. The molecule has 0 saturated carbocycles. The van der Waals surface area contributed by atoms with E-state index in [0.717, 1.165) is 22.6 Å². The molecule has 0 saturated heterocycles. The average Bonchev–Trinajstić information content (AvgIpc) is 3.07. The van der Waals surface area contributed by atoms with Crippen LogP contribution in [0.5, 0.6) is 17.2 Å².